The minimum atomic E-state index is -0.589. The van der Waals surface area contributed by atoms with Crippen LogP contribution in [0.2, 0.25) is 0 Å². The molecule has 3 rings (SSSR count). The van der Waals surface area contributed by atoms with Crippen LogP contribution in [0, 0.1) is 10.8 Å². The van der Waals surface area contributed by atoms with E-state index in [0.29, 0.717) is 24.4 Å². The first-order valence-corrected chi connectivity index (χ1v) is 12.5. The van der Waals surface area contributed by atoms with Crippen molar-refractivity contribution in [1.29, 1.82) is 0 Å². The third kappa shape index (κ3) is 8.36. The van der Waals surface area contributed by atoms with Crippen molar-refractivity contribution in [2.45, 2.75) is 72.8 Å². The lowest BCUT2D eigenvalue weighted by molar-refractivity contribution is 0.0630. The van der Waals surface area contributed by atoms with Crippen LogP contribution in [0.3, 0.4) is 0 Å². The molecule has 1 fully saturated rings. The number of oxime groups is 2. The predicted molar refractivity (Wildman–Crippen MR) is 146 cm³/mol. The Hall–Kier alpha value is -3.42. The summed E-state index contributed by atoms with van der Waals surface area (Å²) in [6.45, 7) is 10.5. The van der Waals surface area contributed by atoms with Crippen LogP contribution >= 0.6 is 0 Å². The van der Waals surface area contributed by atoms with E-state index >= 15 is 0 Å². The summed E-state index contributed by atoms with van der Waals surface area (Å²) in [5.74, 6) is 0. The first-order chi connectivity index (χ1) is 17.1. The molecule has 2 atom stereocenters. The van der Waals surface area contributed by atoms with Crippen molar-refractivity contribution in [2.24, 2.45) is 21.1 Å². The summed E-state index contributed by atoms with van der Waals surface area (Å²) in [6, 6.07) is 9.43. The van der Waals surface area contributed by atoms with E-state index in [0.717, 1.165) is 36.8 Å². The third-order valence-corrected chi connectivity index (χ3v) is 6.56. The highest BCUT2D eigenvalue weighted by Gasteiger charge is 2.42. The summed E-state index contributed by atoms with van der Waals surface area (Å²) in [7, 11) is 0. The van der Waals surface area contributed by atoms with Crippen molar-refractivity contribution in [3.63, 3.8) is 0 Å². The summed E-state index contributed by atoms with van der Waals surface area (Å²) >= 11 is 0. The molecule has 0 aromatic heterocycles. The Morgan fingerprint density at radius 3 is 2.39 bits per heavy atom. The van der Waals surface area contributed by atoms with Crippen molar-refractivity contribution >= 4 is 23.6 Å². The van der Waals surface area contributed by atoms with Gasteiger partial charge in [0.1, 0.15) is 0 Å². The van der Waals surface area contributed by atoms with Crippen molar-refractivity contribution in [3.05, 3.63) is 59.7 Å². The molecule has 8 heteroatoms. The van der Waals surface area contributed by atoms with Gasteiger partial charge >= 0.3 is 12.2 Å². The molecule has 1 aromatic carbocycles. The maximum atomic E-state index is 12.5. The minimum absolute atomic E-state index is 0. The number of hydrogen-bond donors (Lipinski definition) is 2. The zero-order valence-electron chi connectivity index (χ0n) is 22.0. The van der Waals surface area contributed by atoms with Crippen LogP contribution in [-0.2, 0) is 9.68 Å². The average molecular weight is 499 g/mol. The molecule has 2 unspecified atom stereocenters. The molecule has 0 saturated heterocycles. The molecule has 0 heterocycles. The number of hydrogen-bond acceptors (Lipinski definition) is 6. The van der Waals surface area contributed by atoms with Crippen molar-refractivity contribution in [3.8, 4) is 0 Å². The van der Waals surface area contributed by atoms with Gasteiger partial charge in [-0.2, -0.15) is 0 Å². The third-order valence-electron chi connectivity index (χ3n) is 6.56. The van der Waals surface area contributed by atoms with Crippen LogP contribution < -0.4 is 10.6 Å². The fourth-order valence-corrected chi connectivity index (χ4v) is 5.27. The summed E-state index contributed by atoms with van der Waals surface area (Å²) < 4.78 is 0. The zero-order valence-corrected chi connectivity index (χ0v) is 22.0. The fourth-order valence-electron chi connectivity index (χ4n) is 5.27. The molecule has 198 valence electrons. The molecule has 2 aliphatic carbocycles. The maximum Gasteiger partial charge on any atom is 0.433 e. The fraction of sp³-hybridized carbons (Fsp3) is 0.500. The second-order valence-electron chi connectivity index (χ2n) is 10.9. The maximum absolute atomic E-state index is 12.5. The molecule has 0 bridgehead atoms. The molecule has 2 amide bonds. The number of amides is 2. The van der Waals surface area contributed by atoms with Gasteiger partial charge in [0, 0.05) is 15.4 Å². The van der Waals surface area contributed by atoms with Crippen LogP contribution in [0.25, 0.3) is 0 Å². The normalized spacial score (nSPS) is 23.9. The molecule has 36 heavy (non-hydrogen) atoms. The number of benzene rings is 1. The van der Waals surface area contributed by atoms with Gasteiger partial charge in [0.25, 0.3) is 0 Å². The SMILES string of the molecule is C/C(=N\OC(=O)NCC1(C)CC(NC(=O)O/N=C(\C)c2ccccc2)CC(C)(C)C1)C1=CCCC=C1.[HH].[HH]. The molecule has 2 aliphatic rings. The van der Waals surface area contributed by atoms with Crippen LogP contribution in [0.4, 0.5) is 9.59 Å². The van der Waals surface area contributed by atoms with Crippen LogP contribution in [0.15, 0.2) is 64.4 Å². The summed E-state index contributed by atoms with van der Waals surface area (Å²) in [5, 5.41) is 13.7. The molecule has 1 aromatic rings. The number of nitrogens with one attached hydrogen (secondary N) is 2. The highest BCUT2D eigenvalue weighted by Crippen LogP contribution is 2.45. The summed E-state index contributed by atoms with van der Waals surface area (Å²) in [4.78, 5) is 35.0. The molecule has 0 spiro atoms. The van der Waals surface area contributed by atoms with E-state index in [9.17, 15) is 9.59 Å². The smallest absolute Gasteiger partial charge is 0.319 e. The summed E-state index contributed by atoms with van der Waals surface area (Å²) in [6.07, 6.45) is 9.33. The van der Waals surface area contributed by atoms with Gasteiger partial charge in [-0.25, -0.2) is 9.59 Å². The second-order valence-corrected chi connectivity index (χ2v) is 10.9. The monoisotopic (exact) mass is 498 g/mol. The number of carbonyl (C=O) groups is 2. The molecular weight excluding hydrogens is 456 g/mol. The van der Waals surface area contributed by atoms with E-state index in [4.69, 9.17) is 9.68 Å². The Morgan fingerprint density at radius 2 is 1.69 bits per heavy atom. The largest absolute Gasteiger partial charge is 0.433 e. The molecule has 0 aliphatic heterocycles. The van der Waals surface area contributed by atoms with Crippen molar-refractivity contribution in [1.82, 2.24) is 10.6 Å². The molecule has 1 saturated carbocycles. The Kier molecular flexibility index (Phi) is 9.07. The van der Waals surface area contributed by atoms with E-state index in [2.05, 4.69) is 53.9 Å². The highest BCUT2D eigenvalue weighted by atomic mass is 16.7. The average Bonchev–Trinajstić information content (AvgIpc) is 2.84. The number of carbonyl (C=O) groups excluding carboxylic acids is 2. The quantitative estimate of drug-likeness (QED) is 0.251. The Labute approximate surface area is 216 Å². The van der Waals surface area contributed by atoms with Gasteiger partial charge < -0.3 is 10.6 Å². The van der Waals surface area contributed by atoms with E-state index < -0.39 is 12.2 Å². The number of nitrogens with zero attached hydrogens (tertiary/aromatic N) is 2. The van der Waals surface area contributed by atoms with E-state index in [1.165, 1.54) is 0 Å². The van der Waals surface area contributed by atoms with Gasteiger partial charge in [0.2, 0.25) is 0 Å². The zero-order chi connectivity index (χ0) is 26.2. The van der Waals surface area contributed by atoms with Gasteiger partial charge in [-0.1, -0.05) is 79.6 Å². The van der Waals surface area contributed by atoms with Crippen LogP contribution in [0.1, 0.15) is 75.1 Å². The standard InChI is InChI=1S/C28H38N4O4.2H2/c1-20(22-12-8-6-9-13-22)31-35-25(33)29-19-28(5)17-24(16-27(3,4)18-28)30-26(34)36-32-21(2)23-14-10-7-11-15-23;;/h7-8,10-15,24H,6,9,16-19H2,1-5H3,(H,29,33)(H,30,34);2*1H/b31-20+,32-21+;;. The first kappa shape index (κ1) is 27.2. The Morgan fingerprint density at radius 1 is 1.00 bits per heavy atom. The molecule has 0 radical (unpaired) electrons. The number of allylic oxidation sites excluding steroid dienone is 4. The Balaban J connectivity index is 0.00000361. The first-order valence-electron chi connectivity index (χ1n) is 12.5. The van der Waals surface area contributed by atoms with Gasteiger partial charge in [0.05, 0.1) is 11.4 Å². The van der Waals surface area contributed by atoms with Crippen LogP contribution in [-0.4, -0.2) is 36.2 Å². The highest BCUT2D eigenvalue weighted by molar-refractivity contribution is 6.00. The number of rotatable bonds is 7. The summed E-state index contributed by atoms with van der Waals surface area (Å²) in [5.41, 5.74) is 2.87. The van der Waals surface area contributed by atoms with Crippen molar-refractivity contribution in [2.75, 3.05) is 6.54 Å². The lowest BCUT2D eigenvalue weighted by Crippen LogP contribution is -2.50. The van der Waals surface area contributed by atoms with Gasteiger partial charge in [-0.15, -0.1) is 0 Å². The topological polar surface area (TPSA) is 101 Å². The second kappa shape index (κ2) is 12.0. The van der Waals surface area contributed by atoms with E-state index in [1.54, 1.807) is 6.92 Å². The molecule has 8 nitrogen and oxygen atoms in total. The van der Waals surface area contributed by atoms with Crippen molar-refractivity contribution < 1.29 is 22.1 Å². The molecular formula is C28H42N4O4. The van der Waals surface area contributed by atoms with Gasteiger partial charge in [-0.3, -0.25) is 9.68 Å². The lowest BCUT2D eigenvalue weighted by atomic mass is 9.62. The van der Waals surface area contributed by atoms with Gasteiger partial charge in [0.15, 0.2) is 0 Å². The van der Waals surface area contributed by atoms with Gasteiger partial charge in [-0.05, 0) is 67.9 Å². The molecule has 2 N–H and O–H groups in total. The lowest BCUT2D eigenvalue weighted by Gasteiger charge is -2.46. The van der Waals surface area contributed by atoms with E-state index in [-0.39, 0.29) is 19.7 Å². The van der Waals surface area contributed by atoms with E-state index in [1.807, 2.05) is 43.3 Å². The Bertz CT molecular complexity index is 1070. The van der Waals surface area contributed by atoms with Crippen LogP contribution in [0.5, 0.6) is 0 Å². The predicted octanol–water partition coefficient (Wildman–Crippen LogP) is 6.59. The minimum Gasteiger partial charge on any atom is -0.319 e.